The van der Waals surface area contributed by atoms with Gasteiger partial charge >= 0.3 is 0 Å². The number of primary amides is 1. The molecule has 0 saturated heterocycles. The van der Waals surface area contributed by atoms with E-state index in [1.807, 2.05) is 44.2 Å². The number of amides is 2. The van der Waals surface area contributed by atoms with Crippen molar-refractivity contribution in [2.75, 3.05) is 11.1 Å². The molecule has 116 valence electrons. The molecule has 6 heteroatoms. The van der Waals surface area contributed by atoms with Crippen LogP contribution in [0.5, 0.6) is 0 Å². The lowest BCUT2D eigenvalue weighted by atomic mass is 10.1. The molecule has 0 radical (unpaired) electrons. The van der Waals surface area contributed by atoms with Crippen molar-refractivity contribution in [2.24, 2.45) is 5.73 Å². The Balaban J connectivity index is 2.07. The summed E-state index contributed by atoms with van der Waals surface area (Å²) in [7, 11) is 0. The van der Waals surface area contributed by atoms with Crippen molar-refractivity contribution in [2.45, 2.75) is 25.2 Å². The van der Waals surface area contributed by atoms with Crippen LogP contribution in [-0.2, 0) is 11.2 Å². The van der Waals surface area contributed by atoms with E-state index >= 15 is 0 Å². The largest absolute Gasteiger partial charge is 0.365 e. The van der Waals surface area contributed by atoms with Crippen molar-refractivity contribution in [3.05, 3.63) is 46.3 Å². The van der Waals surface area contributed by atoms with Gasteiger partial charge in [-0.25, -0.2) is 0 Å². The van der Waals surface area contributed by atoms with E-state index in [9.17, 15) is 9.59 Å². The van der Waals surface area contributed by atoms with Gasteiger partial charge < -0.3 is 11.1 Å². The molecule has 0 spiro atoms. The fraction of sp³-hybridized carbons (Fsp3) is 0.250. The molecule has 1 aromatic carbocycles. The van der Waals surface area contributed by atoms with Crippen LogP contribution in [0.4, 0.5) is 5.00 Å². The smallest absolute Gasteiger partial charge is 0.251 e. The second-order valence-corrected chi connectivity index (χ2v) is 6.98. The Morgan fingerprint density at radius 3 is 2.55 bits per heavy atom. The van der Waals surface area contributed by atoms with Gasteiger partial charge in [-0.15, -0.1) is 23.1 Å². The molecule has 0 saturated carbocycles. The number of rotatable bonds is 6. The Bertz CT molecular complexity index is 681. The summed E-state index contributed by atoms with van der Waals surface area (Å²) in [6.45, 7) is 3.91. The van der Waals surface area contributed by atoms with E-state index in [4.69, 9.17) is 5.73 Å². The molecule has 1 heterocycles. The Hall–Kier alpha value is -1.79. The van der Waals surface area contributed by atoms with Gasteiger partial charge in [-0.05, 0) is 31.0 Å². The average Bonchev–Trinajstić information content (AvgIpc) is 2.81. The number of nitrogens with two attached hydrogens (primary N) is 1. The van der Waals surface area contributed by atoms with Gasteiger partial charge in [0, 0.05) is 9.77 Å². The molecule has 0 aliphatic carbocycles. The minimum atomic E-state index is -0.493. The number of carbonyl (C=O) groups excluding carboxylic acids is 2. The van der Waals surface area contributed by atoms with E-state index in [1.165, 1.54) is 23.1 Å². The van der Waals surface area contributed by atoms with Crippen LogP contribution in [-0.4, -0.2) is 17.6 Å². The maximum absolute atomic E-state index is 12.1. The number of thioether (sulfide) groups is 1. The number of nitrogens with one attached hydrogen (secondary N) is 1. The van der Waals surface area contributed by atoms with Gasteiger partial charge in [0.1, 0.15) is 5.00 Å². The molecule has 2 amide bonds. The molecular weight excluding hydrogens is 316 g/mol. The van der Waals surface area contributed by atoms with Crippen LogP contribution in [0.25, 0.3) is 0 Å². The summed E-state index contributed by atoms with van der Waals surface area (Å²) in [5.41, 5.74) is 6.82. The lowest BCUT2D eigenvalue weighted by Crippen LogP contribution is -2.18. The van der Waals surface area contributed by atoms with Gasteiger partial charge in [0.15, 0.2) is 0 Å². The summed E-state index contributed by atoms with van der Waals surface area (Å²) in [6.07, 6.45) is 0.718. The molecule has 0 bridgehead atoms. The molecular formula is C16H18N2O2S2. The Labute approximate surface area is 138 Å². The zero-order chi connectivity index (χ0) is 16.1. The van der Waals surface area contributed by atoms with Crippen LogP contribution in [0.1, 0.15) is 27.7 Å². The van der Waals surface area contributed by atoms with Gasteiger partial charge in [0.2, 0.25) is 5.91 Å². The monoisotopic (exact) mass is 334 g/mol. The highest BCUT2D eigenvalue weighted by Gasteiger charge is 2.20. The highest BCUT2D eigenvalue weighted by molar-refractivity contribution is 8.00. The molecule has 22 heavy (non-hydrogen) atoms. The molecule has 2 aromatic rings. The summed E-state index contributed by atoms with van der Waals surface area (Å²) in [6, 6.07) is 9.71. The van der Waals surface area contributed by atoms with Crippen LogP contribution in [0.3, 0.4) is 0 Å². The minimum Gasteiger partial charge on any atom is -0.365 e. The van der Waals surface area contributed by atoms with Gasteiger partial charge in [0.25, 0.3) is 5.91 Å². The van der Waals surface area contributed by atoms with Crippen LogP contribution < -0.4 is 11.1 Å². The molecule has 1 aromatic heterocycles. The van der Waals surface area contributed by atoms with Crippen LogP contribution >= 0.6 is 23.1 Å². The molecule has 0 fully saturated rings. The maximum Gasteiger partial charge on any atom is 0.251 e. The van der Waals surface area contributed by atoms with Crippen LogP contribution in [0, 0.1) is 6.92 Å². The number of benzene rings is 1. The van der Waals surface area contributed by atoms with E-state index in [0.717, 1.165) is 21.8 Å². The van der Waals surface area contributed by atoms with Crippen molar-refractivity contribution in [1.82, 2.24) is 0 Å². The normalized spacial score (nSPS) is 10.5. The quantitative estimate of drug-likeness (QED) is 0.795. The van der Waals surface area contributed by atoms with Crippen molar-refractivity contribution in [1.29, 1.82) is 0 Å². The molecule has 2 rings (SSSR count). The van der Waals surface area contributed by atoms with Crippen molar-refractivity contribution in [3.8, 4) is 0 Å². The highest BCUT2D eigenvalue weighted by atomic mass is 32.2. The lowest BCUT2D eigenvalue weighted by Gasteiger charge is -2.05. The van der Waals surface area contributed by atoms with Gasteiger partial charge in [-0.2, -0.15) is 0 Å². The number of hydrogen-bond acceptors (Lipinski definition) is 4. The summed E-state index contributed by atoms with van der Waals surface area (Å²) in [5, 5.41) is 3.37. The topological polar surface area (TPSA) is 72.2 Å². The van der Waals surface area contributed by atoms with E-state index in [-0.39, 0.29) is 5.91 Å². The minimum absolute atomic E-state index is 0.139. The van der Waals surface area contributed by atoms with Crippen LogP contribution in [0.15, 0.2) is 35.2 Å². The fourth-order valence-corrected chi connectivity index (χ4v) is 4.07. The van der Waals surface area contributed by atoms with Crippen LogP contribution in [0.2, 0.25) is 0 Å². The second-order valence-electron chi connectivity index (χ2n) is 4.71. The Kier molecular flexibility index (Phi) is 5.63. The molecule has 4 nitrogen and oxygen atoms in total. The third-order valence-electron chi connectivity index (χ3n) is 3.18. The van der Waals surface area contributed by atoms with E-state index in [1.54, 1.807) is 0 Å². The number of carbonyl (C=O) groups is 2. The third-order valence-corrected chi connectivity index (χ3v) is 5.25. The number of aryl methyl sites for hydroxylation is 1. The number of anilines is 1. The first-order chi connectivity index (χ1) is 10.5. The SMILES string of the molecule is CCc1c(C)sc(NC(=O)CSc2ccccc2)c1C(N)=O. The summed E-state index contributed by atoms with van der Waals surface area (Å²) in [4.78, 5) is 25.8. The highest BCUT2D eigenvalue weighted by Crippen LogP contribution is 2.33. The first-order valence-electron chi connectivity index (χ1n) is 6.92. The fourth-order valence-electron chi connectivity index (χ4n) is 2.18. The number of thiophene rings is 1. The predicted octanol–water partition coefficient (Wildman–Crippen LogP) is 3.45. The van der Waals surface area contributed by atoms with E-state index in [2.05, 4.69) is 5.32 Å². The van der Waals surface area contributed by atoms with E-state index in [0.29, 0.717) is 16.3 Å². The van der Waals surface area contributed by atoms with Crippen molar-refractivity contribution >= 4 is 39.9 Å². The predicted molar refractivity (Wildman–Crippen MR) is 92.7 cm³/mol. The standard InChI is InChI=1S/C16H18N2O2S2/c1-3-12-10(2)22-16(14(12)15(17)20)18-13(19)9-21-11-7-5-4-6-8-11/h4-8H,3,9H2,1-2H3,(H2,17,20)(H,18,19). The zero-order valence-corrected chi connectivity index (χ0v) is 14.1. The van der Waals surface area contributed by atoms with Gasteiger partial charge in [0.05, 0.1) is 11.3 Å². The maximum atomic E-state index is 12.1. The van der Waals surface area contributed by atoms with Gasteiger partial charge in [-0.3, -0.25) is 9.59 Å². The first-order valence-corrected chi connectivity index (χ1v) is 8.72. The summed E-state index contributed by atoms with van der Waals surface area (Å²) < 4.78 is 0. The van der Waals surface area contributed by atoms with Crippen molar-refractivity contribution in [3.63, 3.8) is 0 Å². The van der Waals surface area contributed by atoms with Crippen molar-refractivity contribution < 1.29 is 9.59 Å². The third kappa shape index (κ3) is 3.90. The molecule has 0 aliphatic rings. The molecule has 0 atom stereocenters. The molecule has 3 N–H and O–H groups in total. The first kappa shape index (κ1) is 16.6. The lowest BCUT2D eigenvalue weighted by molar-refractivity contribution is -0.113. The second kappa shape index (κ2) is 7.47. The van der Waals surface area contributed by atoms with Gasteiger partial charge in [-0.1, -0.05) is 25.1 Å². The summed E-state index contributed by atoms with van der Waals surface area (Å²) in [5.74, 6) is -0.340. The molecule has 0 unspecified atom stereocenters. The Morgan fingerprint density at radius 2 is 1.95 bits per heavy atom. The number of hydrogen-bond donors (Lipinski definition) is 2. The summed E-state index contributed by atoms with van der Waals surface area (Å²) >= 11 is 2.86. The van der Waals surface area contributed by atoms with E-state index < -0.39 is 5.91 Å². The molecule has 0 aliphatic heterocycles. The zero-order valence-electron chi connectivity index (χ0n) is 12.5. The Morgan fingerprint density at radius 1 is 1.27 bits per heavy atom. The average molecular weight is 334 g/mol.